The molecule has 1 aromatic heterocycles. The number of nitrogens with zero attached hydrogens (tertiary/aromatic N) is 2. The molecule has 19 heavy (non-hydrogen) atoms. The fourth-order valence-electron chi connectivity index (χ4n) is 1.87. The normalized spacial score (nSPS) is 13.1. The third-order valence-electron chi connectivity index (χ3n) is 2.78. The predicted octanol–water partition coefficient (Wildman–Crippen LogP) is 1.20. The van der Waals surface area contributed by atoms with Crippen LogP contribution in [0.15, 0.2) is 30.6 Å². The molecule has 0 radical (unpaired) electrons. The molecule has 0 fully saturated rings. The van der Waals surface area contributed by atoms with Gasteiger partial charge in [0.2, 0.25) is 0 Å². The summed E-state index contributed by atoms with van der Waals surface area (Å²) in [7, 11) is 0. The minimum Gasteiger partial charge on any atom is -0.486 e. The first-order valence-electron chi connectivity index (χ1n) is 5.80. The number of benzene rings is 1. The van der Waals surface area contributed by atoms with Gasteiger partial charge in [0.15, 0.2) is 11.5 Å². The highest BCUT2D eigenvalue weighted by Gasteiger charge is 2.13. The molecule has 0 saturated carbocycles. The average Bonchev–Trinajstić information content (AvgIpc) is 2.47. The van der Waals surface area contributed by atoms with Gasteiger partial charge < -0.3 is 15.2 Å². The summed E-state index contributed by atoms with van der Waals surface area (Å²) in [6.45, 7) is 1.10. The second-order valence-corrected chi connectivity index (χ2v) is 4.06. The van der Waals surface area contributed by atoms with Gasteiger partial charge in [-0.1, -0.05) is 0 Å². The smallest absolute Gasteiger partial charge is 0.162 e. The van der Waals surface area contributed by atoms with Crippen molar-refractivity contribution >= 4 is 5.84 Å². The molecule has 2 heterocycles. The minimum absolute atomic E-state index is 0.0822. The Hall–Kier alpha value is -2.63. The van der Waals surface area contributed by atoms with Crippen molar-refractivity contribution in [2.24, 2.45) is 5.73 Å². The SMILES string of the molecule is N=C(N)c1cc(-c2ccc3c(c2)OCCO3)ncn1. The van der Waals surface area contributed by atoms with Crippen molar-refractivity contribution in [2.75, 3.05) is 13.2 Å². The highest BCUT2D eigenvalue weighted by atomic mass is 16.6. The first-order valence-corrected chi connectivity index (χ1v) is 5.80. The lowest BCUT2D eigenvalue weighted by Gasteiger charge is -2.18. The Morgan fingerprint density at radius 1 is 1.11 bits per heavy atom. The van der Waals surface area contributed by atoms with E-state index in [2.05, 4.69) is 9.97 Å². The highest BCUT2D eigenvalue weighted by molar-refractivity contribution is 5.93. The number of fused-ring (bicyclic) bond motifs is 1. The Morgan fingerprint density at radius 3 is 2.68 bits per heavy atom. The van der Waals surface area contributed by atoms with Gasteiger partial charge in [-0.25, -0.2) is 9.97 Å². The fourth-order valence-corrected chi connectivity index (χ4v) is 1.87. The Balaban J connectivity index is 2.02. The van der Waals surface area contributed by atoms with Crippen molar-refractivity contribution in [3.05, 3.63) is 36.3 Å². The van der Waals surface area contributed by atoms with Gasteiger partial charge in [-0.05, 0) is 24.3 Å². The van der Waals surface area contributed by atoms with Crippen LogP contribution in [0.25, 0.3) is 11.3 Å². The van der Waals surface area contributed by atoms with Crippen LogP contribution >= 0.6 is 0 Å². The van der Waals surface area contributed by atoms with E-state index < -0.39 is 0 Å². The molecule has 1 aliphatic heterocycles. The molecule has 96 valence electrons. The largest absolute Gasteiger partial charge is 0.486 e. The second kappa shape index (κ2) is 4.56. The van der Waals surface area contributed by atoms with E-state index >= 15 is 0 Å². The third-order valence-corrected chi connectivity index (χ3v) is 2.78. The molecule has 0 spiro atoms. The molecule has 2 aromatic rings. The number of nitrogen functional groups attached to an aromatic ring is 1. The van der Waals surface area contributed by atoms with Crippen LogP contribution < -0.4 is 15.2 Å². The van der Waals surface area contributed by atoms with Crippen molar-refractivity contribution in [1.29, 1.82) is 5.41 Å². The van der Waals surface area contributed by atoms with Gasteiger partial charge in [0.1, 0.15) is 31.1 Å². The quantitative estimate of drug-likeness (QED) is 0.622. The monoisotopic (exact) mass is 256 g/mol. The van der Waals surface area contributed by atoms with E-state index in [1.807, 2.05) is 18.2 Å². The topological polar surface area (TPSA) is 94.1 Å². The molecule has 0 amide bonds. The molecular formula is C13H12N4O2. The van der Waals surface area contributed by atoms with Gasteiger partial charge in [-0.3, -0.25) is 5.41 Å². The van der Waals surface area contributed by atoms with Crippen molar-refractivity contribution in [2.45, 2.75) is 0 Å². The molecule has 6 heteroatoms. The number of nitrogens with one attached hydrogen (secondary N) is 1. The summed E-state index contributed by atoms with van der Waals surface area (Å²) in [4.78, 5) is 8.12. The van der Waals surface area contributed by atoms with E-state index in [0.717, 1.165) is 11.3 Å². The second-order valence-electron chi connectivity index (χ2n) is 4.06. The molecule has 0 aliphatic carbocycles. The number of hydrogen-bond acceptors (Lipinski definition) is 5. The van der Waals surface area contributed by atoms with E-state index in [1.54, 1.807) is 6.07 Å². The molecule has 0 saturated heterocycles. The molecule has 3 rings (SSSR count). The van der Waals surface area contributed by atoms with Crippen LogP contribution in [0.3, 0.4) is 0 Å². The number of ether oxygens (including phenoxy) is 2. The summed E-state index contributed by atoms with van der Waals surface area (Å²) >= 11 is 0. The van der Waals surface area contributed by atoms with E-state index in [0.29, 0.717) is 30.4 Å². The lowest BCUT2D eigenvalue weighted by molar-refractivity contribution is 0.171. The van der Waals surface area contributed by atoms with Crippen LogP contribution in [0.1, 0.15) is 5.69 Å². The van der Waals surface area contributed by atoms with Crippen LogP contribution in [0.5, 0.6) is 11.5 Å². The Kier molecular flexibility index (Phi) is 2.75. The Bertz CT molecular complexity index is 642. The van der Waals surface area contributed by atoms with Crippen LogP contribution in [-0.2, 0) is 0 Å². The average molecular weight is 256 g/mol. The van der Waals surface area contributed by atoms with Gasteiger partial charge >= 0.3 is 0 Å². The number of rotatable bonds is 2. The Labute approximate surface area is 109 Å². The van der Waals surface area contributed by atoms with E-state index in [-0.39, 0.29) is 5.84 Å². The number of hydrogen-bond donors (Lipinski definition) is 2. The molecule has 6 nitrogen and oxygen atoms in total. The van der Waals surface area contributed by atoms with Crippen molar-refractivity contribution in [3.8, 4) is 22.8 Å². The third kappa shape index (κ3) is 2.20. The summed E-state index contributed by atoms with van der Waals surface area (Å²) in [6.07, 6.45) is 1.39. The van der Waals surface area contributed by atoms with Crippen LogP contribution in [-0.4, -0.2) is 29.0 Å². The predicted molar refractivity (Wildman–Crippen MR) is 69.5 cm³/mol. The van der Waals surface area contributed by atoms with Crippen LogP contribution in [0.4, 0.5) is 0 Å². The lowest BCUT2D eigenvalue weighted by Crippen LogP contribution is -2.15. The van der Waals surface area contributed by atoms with Crippen molar-refractivity contribution < 1.29 is 9.47 Å². The van der Waals surface area contributed by atoms with Gasteiger partial charge in [0.05, 0.1) is 5.69 Å². The first-order chi connectivity index (χ1) is 9.24. The molecule has 3 N–H and O–H groups in total. The summed E-state index contributed by atoms with van der Waals surface area (Å²) in [6, 6.07) is 7.27. The van der Waals surface area contributed by atoms with Gasteiger partial charge in [0, 0.05) is 5.56 Å². The maximum Gasteiger partial charge on any atom is 0.162 e. The lowest BCUT2D eigenvalue weighted by atomic mass is 10.1. The standard InChI is InChI=1S/C13H12N4O2/c14-13(15)10-6-9(16-7-17-10)8-1-2-11-12(5-8)19-4-3-18-11/h1-2,5-7H,3-4H2,(H3,14,15). The molecule has 0 atom stereocenters. The summed E-state index contributed by atoms with van der Waals surface area (Å²) in [5, 5.41) is 7.39. The molecule has 1 aromatic carbocycles. The summed E-state index contributed by atoms with van der Waals surface area (Å²) in [5.41, 5.74) is 7.38. The number of nitrogens with two attached hydrogens (primary N) is 1. The molecule has 0 unspecified atom stereocenters. The molecule has 0 bridgehead atoms. The van der Waals surface area contributed by atoms with Crippen LogP contribution in [0.2, 0.25) is 0 Å². The molecular weight excluding hydrogens is 244 g/mol. The zero-order valence-corrected chi connectivity index (χ0v) is 10.1. The van der Waals surface area contributed by atoms with Crippen molar-refractivity contribution in [3.63, 3.8) is 0 Å². The van der Waals surface area contributed by atoms with Gasteiger partial charge in [-0.15, -0.1) is 0 Å². The van der Waals surface area contributed by atoms with Crippen molar-refractivity contribution in [1.82, 2.24) is 9.97 Å². The number of amidine groups is 1. The van der Waals surface area contributed by atoms with E-state index in [9.17, 15) is 0 Å². The zero-order valence-electron chi connectivity index (χ0n) is 10.1. The summed E-state index contributed by atoms with van der Waals surface area (Å²) in [5.74, 6) is 1.35. The fraction of sp³-hybridized carbons (Fsp3) is 0.154. The Morgan fingerprint density at radius 2 is 1.89 bits per heavy atom. The van der Waals surface area contributed by atoms with Crippen LogP contribution in [0, 0.1) is 5.41 Å². The zero-order chi connectivity index (χ0) is 13.2. The van der Waals surface area contributed by atoms with E-state index in [4.69, 9.17) is 20.6 Å². The minimum atomic E-state index is -0.0822. The van der Waals surface area contributed by atoms with Gasteiger partial charge in [0.25, 0.3) is 0 Å². The van der Waals surface area contributed by atoms with Gasteiger partial charge in [-0.2, -0.15) is 0 Å². The van der Waals surface area contributed by atoms with E-state index in [1.165, 1.54) is 6.33 Å². The molecule has 1 aliphatic rings. The highest BCUT2D eigenvalue weighted by Crippen LogP contribution is 2.33. The maximum atomic E-state index is 7.39. The maximum absolute atomic E-state index is 7.39. The first kappa shape index (κ1) is 11.5. The number of aromatic nitrogens is 2. The summed E-state index contributed by atoms with van der Waals surface area (Å²) < 4.78 is 11.0.